The topological polar surface area (TPSA) is 37.3 Å². The molecule has 0 radical (unpaired) electrons. The summed E-state index contributed by atoms with van der Waals surface area (Å²) in [5.74, 6) is 0.504. The molecule has 0 spiro atoms. The minimum Gasteiger partial charge on any atom is -0.396 e. The summed E-state index contributed by atoms with van der Waals surface area (Å²) in [7, 11) is 0. The van der Waals surface area contributed by atoms with E-state index in [1.807, 2.05) is 6.08 Å². The largest absolute Gasteiger partial charge is 0.396 e. The van der Waals surface area contributed by atoms with Crippen molar-refractivity contribution >= 4 is 6.29 Å². The van der Waals surface area contributed by atoms with E-state index >= 15 is 0 Å². The zero-order valence-electron chi connectivity index (χ0n) is 11.1. The summed E-state index contributed by atoms with van der Waals surface area (Å²) in [4.78, 5) is 10.6. The van der Waals surface area contributed by atoms with Crippen LogP contribution in [-0.4, -0.2) is 18.0 Å². The Morgan fingerprint density at radius 1 is 1.35 bits per heavy atom. The van der Waals surface area contributed by atoms with Crippen molar-refractivity contribution in [3.8, 4) is 0 Å². The van der Waals surface area contributed by atoms with Crippen LogP contribution in [0.15, 0.2) is 35.5 Å². The number of allylic oxidation sites excluding steroid dienone is 5. The molecule has 0 aromatic rings. The summed E-state index contributed by atoms with van der Waals surface area (Å²) < 4.78 is 0. The minimum atomic E-state index is 0.0224. The third-order valence-corrected chi connectivity index (χ3v) is 2.48. The van der Waals surface area contributed by atoms with E-state index in [-0.39, 0.29) is 6.61 Å². The van der Waals surface area contributed by atoms with Crippen molar-refractivity contribution in [2.45, 2.75) is 40.0 Å². The summed E-state index contributed by atoms with van der Waals surface area (Å²) in [5, 5.41) is 8.71. The van der Waals surface area contributed by atoms with Gasteiger partial charge in [-0.3, -0.25) is 4.79 Å². The van der Waals surface area contributed by atoms with Gasteiger partial charge in [0.1, 0.15) is 6.29 Å². The first-order valence-electron chi connectivity index (χ1n) is 6.17. The molecule has 0 aromatic heterocycles. The van der Waals surface area contributed by atoms with Crippen LogP contribution in [0.4, 0.5) is 0 Å². The number of hydrogen-bond acceptors (Lipinski definition) is 2. The fourth-order valence-electron chi connectivity index (χ4n) is 1.41. The Morgan fingerprint density at radius 3 is 2.59 bits per heavy atom. The normalized spacial score (nSPS) is 13.8. The van der Waals surface area contributed by atoms with Gasteiger partial charge in [0, 0.05) is 6.61 Å². The van der Waals surface area contributed by atoms with Crippen molar-refractivity contribution in [2.75, 3.05) is 6.61 Å². The van der Waals surface area contributed by atoms with Crippen LogP contribution in [0.25, 0.3) is 0 Å². The highest BCUT2D eigenvalue weighted by Gasteiger charge is 1.95. The van der Waals surface area contributed by atoms with E-state index in [1.54, 1.807) is 6.08 Å². The SMILES string of the molecule is CC(C)=CCC[C@H](C)/C=C/C=C(/C=O)CCO. The van der Waals surface area contributed by atoms with E-state index in [9.17, 15) is 4.79 Å². The first-order valence-corrected chi connectivity index (χ1v) is 6.17. The second kappa shape index (κ2) is 10.0. The molecule has 1 atom stereocenters. The lowest BCUT2D eigenvalue weighted by atomic mass is 10.0. The van der Waals surface area contributed by atoms with Gasteiger partial charge >= 0.3 is 0 Å². The molecule has 1 N–H and O–H groups in total. The molecule has 0 amide bonds. The van der Waals surface area contributed by atoms with E-state index in [0.717, 1.165) is 19.1 Å². The lowest BCUT2D eigenvalue weighted by Gasteiger charge is -2.02. The lowest BCUT2D eigenvalue weighted by Crippen LogP contribution is -1.90. The average Bonchev–Trinajstić information content (AvgIpc) is 2.27. The standard InChI is InChI=1S/C15H24O2/c1-13(2)6-4-7-14(3)8-5-9-15(12-17)10-11-16/h5-6,8-9,12,14,16H,4,7,10-11H2,1-3H3/b8-5+,15-9+/t14-/m0/s1. The van der Waals surface area contributed by atoms with Gasteiger partial charge < -0.3 is 5.11 Å². The maximum atomic E-state index is 10.6. The molecule has 0 unspecified atom stereocenters. The molecule has 0 aliphatic rings. The monoisotopic (exact) mass is 236 g/mol. The molecule has 0 fully saturated rings. The Balaban J connectivity index is 4.05. The molecular formula is C15H24O2. The number of aldehydes is 1. The molecule has 0 heterocycles. The van der Waals surface area contributed by atoms with Crippen LogP contribution >= 0.6 is 0 Å². The molecule has 0 saturated carbocycles. The number of aliphatic hydroxyl groups is 1. The van der Waals surface area contributed by atoms with E-state index < -0.39 is 0 Å². The molecule has 0 saturated heterocycles. The first-order chi connectivity index (χ1) is 8.10. The highest BCUT2D eigenvalue weighted by Crippen LogP contribution is 2.09. The Bertz CT molecular complexity index is 294. The highest BCUT2D eigenvalue weighted by molar-refractivity contribution is 5.73. The Labute approximate surface area is 105 Å². The van der Waals surface area contributed by atoms with Crippen molar-refractivity contribution in [1.82, 2.24) is 0 Å². The molecule has 2 heteroatoms. The lowest BCUT2D eigenvalue weighted by molar-refractivity contribution is -0.105. The Kier molecular flexibility index (Phi) is 9.35. The van der Waals surface area contributed by atoms with Gasteiger partial charge in [0.15, 0.2) is 0 Å². The summed E-state index contributed by atoms with van der Waals surface area (Å²) in [6, 6.07) is 0. The fraction of sp³-hybridized carbons (Fsp3) is 0.533. The molecule has 0 rings (SSSR count). The van der Waals surface area contributed by atoms with Crippen LogP contribution < -0.4 is 0 Å². The van der Waals surface area contributed by atoms with E-state index in [1.165, 1.54) is 5.57 Å². The van der Waals surface area contributed by atoms with Crippen LogP contribution in [-0.2, 0) is 4.79 Å². The van der Waals surface area contributed by atoms with Crippen molar-refractivity contribution in [2.24, 2.45) is 5.92 Å². The van der Waals surface area contributed by atoms with Crippen LogP contribution in [0, 0.1) is 5.92 Å². The van der Waals surface area contributed by atoms with Crippen molar-refractivity contribution in [3.63, 3.8) is 0 Å². The maximum absolute atomic E-state index is 10.6. The molecule has 0 aliphatic heterocycles. The zero-order valence-corrected chi connectivity index (χ0v) is 11.1. The summed E-state index contributed by atoms with van der Waals surface area (Å²) >= 11 is 0. The van der Waals surface area contributed by atoms with Gasteiger partial charge in [-0.1, -0.05) is 36.8 Å². The van der Waals surface area contributed by atoms with Gasteiger partial charge in [0.05, 0.1) is 0 Å². The van der Waals surface area contributed by atoms with Gasteiger partial charge in [-0.25, -0.2) is 0 Å². The summed E-state index contributed by atoms with van der Waals surface area (Å²) in [5.41, 5.74) is 1.99. The summed E-state index contributed by atoms with van der Waals surface area (Å²) in [6.45, 7) is 6.40. The molecule has 0 aromatic carbocycles. The molecule has 96 valence electrons. The third kappa shape index (κ3) is 9.76. The zero-order chi connectivity index (χ0) is 13.1. The van der Waals surface area contributed by atoms with Gasteiger partial charge in [0.25, 0.3) is 0 Å². The Morgan fingerprint density at radius 2 is 2.06 bits per heavy atom. The van der Waals surface area contributed by atoms with E-state index in [4.69, 9.17) is 5.11 Å². The molecule has 0 bridgehead atoms. The van der Waals surface area contributed by atoms with Gasteiger partial charge in [-0.2, -0.15) is 0 Å². The van der Waals surface area contributed by atoms with Gasteiger partial charge in [-0.05, 0) is 44.6 Å². The third-order valence-electron chi connectivity index (χ3n) is 2.48. The summed E-state index contributed by atoms with van der Waals surface area (Å²) in [6.07, 6.45) is 11.5. The minimum absolute atomic E-state index is 0.0224. The Hall–Kier alpha value is -1.15. The van der Waals surface area contributed by atoms with Crippen LogP contribution in [0.5, 0.6) is 0 Å². The number of carbonyl (C=O) groups is 1. The molecule has 2 nitrogen and oxygen atoms in total. The number of carbonyl (C=O) groups excluding carboxylic acids is 1. The quantitative estimate of drug-likeness (QED) is 0.303. The van der Waals surface area contributed by atoms with Crippen LogP contribution in [0.2, 0.25) is 0 Å². The predicted octanol–water partition coefficient (Wildman–Crippen LogP) is 3.43. The number of hydrogen-bond donors (Lipinski definition) is 1. The first kappa shape index (κ1) is 15.9. The number of aliphatic hydroxyl groups excluding tert-OH is 1. The molecular weight excluding hydrogens is 212 g/mol. The predicted molar refractivity (Wildman–Crippen MR) is 72.8 cm³/mol. The average molecular weight is 236 g/mol. The van der Waals surface area contributed by atoms with Gasteiger partial charge in [0.2, 0.25) is 0 Å². The van der Waals surface area contributed by atoms with Crippen molar-refractivity contribution in [1.29, 1.82) is 0 Å². The number of rotatable bonds is 8. The second-order valence-electron chi connectivity index (χ2n) is 4.55. The van der Waals surface area contributed by atoms with Gasteiger partial charge in [-0.15, -0.1) is 0 Å². The van der Waals surface area contributed by atoms with Crippen molar-refractivity contribution < 1.29 is 9.90 Å². The van der Waals surface area contributed by atoms with Crippen LogP contribution in [0.3, 0.4) is 0 Å². The maximum Gasteiger partial charge on any atom is 0.146 e. The molecule has 17 heavy (non-hydrogen) atoms. The second-order valence-corrected chi connectivity index (χ2v) is 4.55. The van der Waals surface area contributed by atoms with Crippen LogP contribution in [0.1, 0.15) is 40.0 Å². The molecule has 0 aliphatic carbocycles. The smallest absolute Gasteiger partial charge is 0.146 e. The van der Waals surface area contributed by atoms with Crippen molar-refractivity contribution in [3.05, 3.63) is 35.5 Å². The van der Waals surface area contributed by atoms with E-state index in [2.05, 4.69) is 32.9 Å². The van der Waals surface area contributed by atoms with E-state index in [0.29, 0.717) is 17.9 Å². The highest BCUT2D eigenvalue weighted by atomic mass is 16.3. The fourth-order valence-corrected chi connectivity index (χ4v) is 1.41.